The molecule has 4 N–H and O–H groups in total. The van der Waals surface area contributed by atoms with Crippen LogP contribution in [0.1, 0.15) is 22.3 Å². The molecule has 0 saturated heterocycles. The van der Waals surface area contributed by atoms with Crippen LogP contribution < -0.4 is 9.05 Å². The highest BCUT2D eigenvalue weighted by molar-refractivity contribution is 7.47. The Kier molecular flexibility index (Phi) is 5.69. The van der Waals surface area contributed by atoms with E-state index < -0.39 is 21.1 Å². The number of hydrogen-bond donors (Lipinski definition) is 4. The highest BCUT2D eigenvalue weighted by Gasteiger charge is 2.45. The Balaban J connectivity index is 1.74. The fraction of sp³-hybridized carbons (Fsp3) is 0.0400. The van der Waals surface area contributed by atoms with E-state index in [-0.39, 0.29) is 11.5 Å². The maximum absolute atomic E-state index is 11.3. The third-order valence-corrected chi connectivity index (χ3v) is 6.87. The molecule has 5 rings (SSSR count). The molecule has 8 nitrogen and oxygen atoms in total. The summed E-state index contributed by atoms with van der Waals surface area (Å²) in [6.07, 6.45) is 0. The van der Waals surface area contributed by atoms with Crippen molar-refractivity contribution in [3.8, 4) is 22.6 Å². The molecule has 4 aromatic carbocycles. The standard InChI is InChI=1S/C25H20O8P2/c26-34(27,28)32-19-13-9-17(10-14-19)25(18-11-15-20(16-12-18)33-35(29,30)31)23-7-3-1-5-21(23)22-6-2-4-8-24(22)25/h1-16H,(H2,26,27,28)(H2,29,30,31). The Bertz CT molecular complexity index is 1370. The van der Waals surface area contributed by atoms with Gasteiger partial charge in [0.2, 0.25) is 0 Å². The van der Waals surface area contributed by atoms with Crippen molar-refractivity contribution < 1.29 is 37.8 Å². The number of rotatable bonds is 6. The lowest BCUT2D eigenvalue weighted by Gasteiger charge is -2.34. The van der Waals surface area contributed by atoms with Crippen LogP contribution in [0.5, 0.6) is 11.5 Å². The topological polar surface area (TPSA) is 134 Å². The van der Waals surface area contributed by atoms with Crippen LogP contribution in [0, 0.1) is 0 Å². The van der Waals surface area contributed by atoms with Crippen molar-refractivity contribution in [2.75, 3.05) is 0 Å². The molecule has 0 aliphatic heterocycles. The van der Waals surface area contributed by atoms with E-state index in [4.69, 9.17) is 28.6 Å². The minimum Gasteiger partial charge on any atom is -0.404 e. The number of hydrogen-bond acceptors (Lipinski definition) is 4. The van der Waals surface area contributed by atoms with Gasteiger partial charge in [-0.25, -0.2) is 9.13 Å². The molecule has 0 heterocycles. The molecule has 0 amide bonds. The lowest BCUT2D eigenvalue weighted by molar-refractivity contribution is 0.281. The Morgan fingerprint density at radius 2 is 0.857 bits per heavy atom. The van der Waals surface area contributed by atoms with Crippen LogP contribution in [0.25, 0.3) is 11.1 Å². The first-order chi connectivity index (χ1) is 16.6. The van der Waals surface area contributed by atoms with E-state index >= 15 is 0 Å². The smallest absolute Gasteiger partial charge is 0.404 e. The Labute approximate surface area is 200 Å². The molecule has 0 unspecified atom stereocenters. The largest absolute Gasteiger partial charge is 0.524 e. The maximum Gasteiger partial charge on any atom is 0.524 e. The van der Waals surface area contributed by atoms with Crippen molar-refractivity contribution in [3.63, 3.8) is 0 Å². The molecular formula is C25H20O8P2. The zero-order valence-corrected chi connectivity index (χ0v) is 19.8. The second kappa shape index (κ2) is 8.47. The van der Waals surface area contributed by atoms with Gasteiger partial charge in [0.15, 0.2) is 0 Å². The first kappa shape index (κ1) is 23.5. The van der Waals surface area contributed by atoms with Gasteiger partial charge in [-0.1, -0.05) is 72.8 Å². The predicted molar refractivity (Wildman–Crippen MR) is 129 cm³/mol. The van der Waals surface area contributed by atoms with Gasteiger partial charge >= 0.3 is 15.6 Å². The second-order valence-electron chi connectivity index (χ2n) is 8.05. The third kappa shape index (κ3) is 4.32. The molecule has 178 valence electrons. The molecule has 0 bridgehead atoms. The normalized spacial score (nSPS) is 14.2. The first-order valence-corrected chi connectivity index (χ1v) is 13.5. The van der Waals surface area contributed by atoms with Crippen LogP contribution in [-0.2, 0) is 14.5 Å². The van der Waals surface area contributed by atoms with Crippen molar-refractivity contribution in [2.45, 2.75) is 5.41 Å². The molecule has 0 aromatic heterocycles. The molecule has 1 aliphatic rings. The molecular weight excluding hydrogens is 490 g/mol. The van der Waals surface area contributed by atoms with E-state index in [0.29, 0.717) is 0 Å². The van der Waals surface area contributed by atoms with Gasteiger partial charge in [0, 0.05) is 0 Å². The monoisotopic (exact) mass is 510 g/mol. The summed E-state index contributed by atoms with van der Waals surface area (Å²) >= 11 is 0. The summed E-state index contributed by atoms with van der Waals surface area (Å²) in [5, 5.41) is 0. The van der Waals surface area contributed by atoms with Crippen LogP contribution in [-0.4, -0.2) is 19.6 Å². The zero-order valence-electron chi connectivity index (χ0n) is 18.1. The molecule has 4 aromatic rings. The van der Waals surface area contributed by atoms with Crippen LogP contribution >= 0.6 is 15.6 Å². The van der Waals surface area contributed by atoms with Gasteiger partial charge < -0.3 is 9.05 Å². The Morgan fingerprint density at radius 1 is 0.514 bits per heavy atom. The van der Waals surface area contributed by atoms with E-state index in [1.54, 1.807) is 24.3 Å². The van der Waals surface area contributed by atoms with Crippen LogP contribution in [0.15, 0.2) is 97.1 Å². The van der Waals surface area contributed by atoms with E-state index in [9.17, 15) is 9.13 Å². The van der Waals surface area contributed by atoms with Crippen LogP contribution in [0.2, 0.25) is 0 Å². The molecule has 0 fully saturated rings. The fourth-order valence-corrected chi connectivity index (χ4v) is 5.62. The molecule has 0 radical (unpaired) electrons. The van der Waals surface area contributed by atoms with Gasteiger partial charge in [-0.15, -0.1) is 0 Å². The summed E-state index contributed by atoms with van der Waals surface area (Å²) < 4.78 is 32.0. The Hall–Kier alpha value is -3.22. The maximum atomic E-state index is 11.3. The van der Waals surface area contributed by atoms with Gasteiger partial charge in [0.25, 0.3) is 0 Å². The first-order valence-electron chi connectivity index (χ1n) is 10.5. The highest BCUT2D eigenvalue weighted by atomic mass is 31.2. The summed E-state index contributed by atoms with van der Waals surface area (Å²) in [6, 6.07) is 28.9. The molecule has 35 heavy (non-hydrogen) atoms. The summed E-state index contributed by atoms with van der Waals surface area (Å²) in [6.45, 7) is 0. The van der Waals surface area contributed by atoms with E-state index in [0.717, 1.165) is 33.4 Å². The number of fused-ring (bicyclic) bond motifs is 3. The second-order valence-corrected chi connectivity index (χ2v) is 10.4. The van der Waals surface area contributed by atoms with Crippen molar-refractivity contribution in [1.29, 1.82) is 0 Å². The number of phosphoric ester groups is 2. The SMILES string of the molecule is O=P(O)(O)Oc1ccc(C2(c3ccc(OP(=O)(O)O)cc3)c3ccccc3-c3ccccc32)cc1. The highest BCUT2D eigenvalue weighted by Crippen LogP contribution is 2.56. The average molecular weight is 510 g/mol. The van der Waals surface area contributed by atoms with Gasteiger partial charge in [0.1, 0.15) is 11.5 Å². The molecule has 0 saturated carbocycles. The minimum atomic E-state index is -4.71. The third-order valence-electron chi connectivity index (χ3n) is 5.98. The minimum absolute atomic E-state index is 0.0298. The summed E-state index contributed by atoms with van der Waals surface area (Å²) in [5.41, 5.74) is 4.88. The molecule has 1 aliphatic carbocycles. The van der Waals surface area contributed by atoms with Crippen molar-refractivity contribution >= 4 is 15.6 Å². The molecule has 0 atom stereocenters. The predicted octanol–water partition coefficient (Wildman–Crippen LogP) is 4.99. The summed E-state index contributed by atoms with van der Waals surface area (Å²) in [4.78, 5) is 36.7. The lowest BCUT2D eigenvalue weighted by atomic mass is 9.68. The van der Waals surface area contributed by atoms with Gasteiger partial charge in [0.05, 0.1) is 5.41 Å². The Morgan fingerprint density at radius 3 is 1.20 bits per heavy atom. The zero-order chi connectivity index (χ0) is 24.8. The summed E-state index contributed by atoms with van der Waals surface area (Å²) in [5.74, 6) is 0.0596. The van der Waals surface area contributed by atoms with E-state index in [1.807, 2.05) is 48.5 Å². The fourth-order valence-electron chi connectivity index (χ4n) is 4.83. The van der Waals surface area contributed by atoms with E-state index in [1.165, 1.54) is 24.3 Å². The summed E-state index contributed by atoms with van der Waals surface area (Å²) in [7, 11) is -9.42. The van der Waals surface area contributed by atoms with Crippen LogP contribution in [0.4, 0.5) is 0 Å². The number of phosphoric acid groups is 2. The average Bonchev–Trinajstić information content (AvgIpc) is 3.10. The van der Waals surface area contributed by atoms with Crippen molar-refractivity contribution in [1.82, 2.24) is 0 Å². The van der Waals surface area contributed by atoms with E-state index in [2.05, 4.69) is 0 Å². The van der Waals surface area contributed by atoms with Gasteiger partial charge in [-0.2, -0.15) is 0 Å². The molecule has 0 spiro atoms. The molecule has 10 heteroatoms. The quantitative estimate of drug-likeness (QED) is 0.235. The van der Waals surface area contributed by atoms with Crippen LogP contribution in [0.3, 0.4) is 0 Å². The number of benzene rings is 4. The van der Waals surface area contributed by atoms with Crippen molar-refractivity contribution in [2.24, 2.45) is 0 Å². The lowest BCUT2D eigenvalue weighted by Crippen LogP contribution is -2.28. The van der Waals surface area contributed by atoms with Gasteiger partial charge in [-0.05, 0) is 57.6 Å². The van der Waals surface area contributed by atoms with Crippen molar-refractivity contribution in [3.05, 3.63) is 119 Å². The van der Waals surface area contributed by atoms with Gasteiger partial charge in [-0.3, -0.25) is 19.6 Å².